The van der Waals surface area contributed by atoms with Gasteiger partial charge in [0.1, 0.15) is 5.52 Å². The van der Waals surface area contributed by atoms with E-state index in [2.05, 4.69) is 26.6 Å². The highest BCUT2D eigenvalue weighted by Crippen LogP contribution is 2.33. The number of nitrogens with one attached hydrogen (secondary N) is 1. The normalized spacial score (nSPS) is 11.4. The van der Waals surface area contributed by atoms with Crippen LogP contribution in [-0.2, 0) is 17.9 Å². The maximum atomic E-state index is 13.0. The molecule has 28 heavy (non-hydrogen) atoms. The fourth-order valence-corrected chi connectivity index (χ4v) is 2.72. The van der Waals surface area contributed by atoms with Crippen molar-refractivity contribution in [3.05, 3.63) is 54.6 Å². The number of halogens is 2. The number of hydrogen-bond donors (Lipinski definition) is 2. The highest BCUT2D eigenvalue weighted by atomic mass is 19.3. The van der Waals surface area contributed by atoms with Gasteiger partial charge in [0.25, 0.3) is 0 Å². The van der Waals surface area contributed by atoms with Gasteiger partial charge in [0.05, 0.1) is 6.61 Å². The predicted molar refractivity (Wildman–Crippen MR) is 96.5 cm³/mol. The Kier molecular flexibility index (Phi) is 5.36. The third-order valence-corrected chi connectivity index (χ3v) is 3.93. The Labute approximate surface area is 158 Å². The molecule has 2 N–H and O–H groups in total. The van der Waals surface area contributed by atoms with E-state index >= 15 is 0 Å². The fraction of sp³-hybridized carbons (Fsp3) is 0.211. The van der Waals surface area contributed by atoms with E-state index in [-0.39, 0.29) is 24.9 Å². The Balaban J connectivity index is 2.04. The van der Waals surface area contributed by atoms with Gasteiger partial charge < -0.3 is 19.6 Å². The van der Waals surface area contributed by atoms with E-state index in [1.807, 2.05) is 0 Å². The minimum Gasteiger partial charge on any atom is -0.443 e. The molecule has 0 aliphatic heterocycles. The van der Waals surface area contributed by atoms with E-state index in [1.165, 1.54) is 18.7 Å². The number of carbonyl (C=O) groups is 1. The number of oxazole rings is 1. The van der Waals surface area contributed by atoms with Gasteiger partial charge in [0.2, 0.25) is 11.8 Å². The Morgan fingerprint density at radius 2 is 2.21 bits per heavy atom. The Morgan fingerprint density at radius 1 is 1.43 bits per heavy atom. The van der Waals surface area contributed by atoms with Gasteiger partial charge >= 0.3 is 6.11 Å². The van der Waals surface area contributed by atoms with Crippen LogP contribution in [0.15, 0.2) is 47.9 Å². The minimum absolute atomic E-state index is 0.126. The number of carbonyl (C=O) groups excluding carboxylic acids is 1. The fourth-order valence-electron chi connectivity index (χ4n) is 2.72. The second kappa shape index (κ2) is 7.73. The summed E-state index contributed by atoms with van der Waals surface area (Å²) in [5.41, 5.74) is 3.11. The second-order valence-corrected chi connectivity index (χ2v) is 5.97. The van der Waals surface area contributed by atoms with Crippen molar-refractivity contribution >= 4 is 17.0 Å². The van der Waals surface area contributed by atoms with E-state index in [4.69, 9.17) is 4.42 Å². The second-order valence-electron chi connectivity index (χ2n) is 5.97. The SMILES string of the molecule is C=CC(=O)NCc1cc(-c2ccc(OC(C)(F)F)nc2)c2ncoc2c1CO. The summed E-state index contributed by atoms with van der Waals surface area (Å²) in [5, 5.41) is 12.4. The van der Waals surface area contributed by atoms with Crippen LogP contribution < -0.4 is 10.1 Å². The molecule has 0 radical (unpaired) electrons. The first kappa shape index (κ1) is 19.4. The van der Waals surface area contributed by atoms with Crippen LogP contribution in [0.1, 0.15) is 18.1 Å². The van der Waals surface area contributed by atoms with Crippen LogP contribution in [0.4, 0.5) is 8.78 Å². The lowest BCUT2D eigenvalue weighted by molar-refractivity contribution is -0.161. The lowest BCUT2D eigenvalue weighted by Crippen LogP contribution is -2.21. The predicted octanol–water partition coefficient (Wildman–Crippen LogP) is 3.18. The summed E-state index contributed by atoms with van der Waals surface area (Å²) in [6, 6.07) is 4.60. The summed E-state index contributed by atoms with van der Waals surface area (Å²) < 4.78 is 35.8. The highest BCUT2D eigenvalue weighted by Gasteiger charge is 2.24. The van der Waals surface area contributed by atoms with Gasteiger partial charge in [-0.15, -0.1) is 0 Å². The molecule has 3 aromatic rings. The maximum absolute atomic E-state index is 13.0. The summed E-state index contributed by atoms with van der Waals surface area (Å²) in [5.74, 6) is -0.593. The number of amides is 1. The number of hydrogen-bond acceptors (Lipinski definition) is 6. The van der Waals surface area contributed by atoms with Crippen LogP contribution in [0.25, 0.3) is 22.2 Å². The molecule has 0 bridgehead atoms. The highest BCUT2D eigenvalue weighted by molar-refractivity contribution is 5.93. The molecule has 1 aromatic carbocycles. The van der Waals surface area contributed by atoms with Crippen LogP contribution >= 0.6 is 0 Å². The molecule has 3 rings (SSSR count). The van der Waals surface area contributed by atoms with Crippen molar-refractivity contribution in [2.24, 2.45) is 0 Å². The standard InChI is InChI=1S/C19H17F2N3O4/c1-3-15(26)22-8-12-6-13(17-18(14(12)9-25)27-10-24-17)11-4-5-16(23-7-11)28-19(2,20)21/h3-7,10,25H,1,8-9H2,2H3,(H,22,26). The molecular weight excluding hydrogens is 372 g/mol. The van der Waals surface area contributed by atoms with E-state index < -0.39 is 6.11 Å². The molecule has 0 atom stereocenters. The first-order chi connectivity index (χ1) is 13.3. The molecule has 0 spiro atoms. The topological polar surface area (TPSA) is 97.5 Å². The maximum Gasteiger partial charge on any atom is 0.396 e. The largest absolute Gasteiger partial charge is 0.443 e. The first-order valence-electron chi connectivity index (χ1n) is 8.24. The number of aliphatic hydroxyl groups is 1. The number of ether oxygens (including phenoxy) is 1. The monoisotopic (exact) mass is 389 g/mol. The summed E-state index contributed by atoms with van der Waals surface area (Å²) in [4.78, 5) is 19.6. The van der Waals surface area contributed by atoms with E-state index in [0.717, 1.165) is 6.08 Å². The van der Waals surface area contributed by atoms with Crippen molar-refractivity contribution in [1.82, 2.24) is 15.3 Å². The number of aliphatic hydroxyl groups excluding tert-OH is 1. The molecule has 2 heterocycles. The van der Waals surface area contributed by atoms with Gasteiger partial charge in [0.15, 0.2) is 12.0 Å². The molecule has 0 saturated heterocycles. The number of aromatic nitrogens is 2. The van der Waals surface area contributed by atoms with Crippen LogP contribution in [0.2, 0.25) is 0 Å². The molecule has 0 fully saturated rings. The lowest BCUT2D eigenvalue weighted by Gasteiger charge is -2.14. The number of rotatable bonds is 7. The van der Waals surface area contributed by atoms with Gasteiger partial charge in [-0.1, -0.05) is 6.58 Å². The van der Waals surface area contributed by atoms with Gasteiger partial charge in [-0.05, 0) is 23.8 Å². The summed E-state index contributed by atoms with van der Waals surface area (Å²) in [6.45, 7) is 3.82. The Hall–Kier alpha value is -3.33. The molecule has 2 aromatic heterocycles. The Morgan fingerprint density at radius 3 is 2.82 bits per heavy atom. The zero-order chi connectivity index (χ0) is 20.3. The molecule has 0 aliphatic rings. The molecule has 7 nitrogen and oxygen atoms in total. The van der Waals surface area contributed by atoms with Gasteiger partial charge in [-0.2, -0.15) is 8.78 Å². The zero-order valence-corrected chi connectivity index (χ0v) is 14.9. The summed E-state index contributed by atoms with van der Waals surface area (Å²) >= 11 is 0. The molecule has 146 valence electrons. The lowest BCUT2D eigenvalue weighted by atomic mass is 9.98. The minimum atomic E-state index is -3.34. The molecular formula is C19H17F2N3O4. The average Bonchev–Trinajstić information content (AvgIpc) is 3.14. The molecule has 0 aliphatic carbocycles. The summed E-state index contributed by atoms with van der Waals surface area (Å²) in [7, 11) is 0. The molecule has 1 amide bonds. The third-order valence-electron chi connectivity index (χ3n) is 3.93. The first-order valence-corrected chi connectivity index (χ1v) is 8.24. The Bertz CT molecular complexity index is 1010. The van der Waals surface area contributed by atoms with Crippen molar-refractivity contribution in [2.75, 3.05) is 0 Å². The van der Waals surface area contributed by atoms with Gasteiger partial charge in [-0.25, -0.2) is 9.97 Å². The number of nitrogens with zero attached hydrogens (tertiary/aromatic N) is 2. The number of pyridine rings is 1. The third kappa shape index (κ3) is 4.15. The van der Waals surface area contributed by atoms with Crippen LogP contribution in [-0.4, -0.2) is 27.1 Å². The number of benzene rings is 1. The number of alkyl halides is 2. The molecule has 0 saturated carbocycles. The van der Waals surface area contributed by atoms with Gasteiger partial charge in [-0.3, -0.25) is 4.79 Å². The van der Waals surface area contributed by atoms with Crippen molar-refractivity contribution in [2.45, 2.75) is 26.2 Å². The van der Waals surface area contributed by atoms with Crippen molar-refractivity contribution in [3.8, 4) is 17.0 Å². The number of fused-ring (bicyclic) bond motifs is 1. The van der Waals surface area contributed by atoms with E-state index in [0.29, 0.717) is 40.3 Å². The van der Waals surface area contributed by atoms with E-state index in [1.54, 1.807) is 12.1 Å². The summed E-state index contributed by atoms with van der Waals surface area (Å²) in [6.07, 6.45) is 0.406. The molecule has 0 unspecified atom stereocenters. The van der Waals surface area contributed by atoms with Crippen LogP contribution in [0.3, 0.4) is 0 Å². The smallest absolute Gasteiger partial charge is 0.396 e. The van der Waals surface area contributed by atoms with Crippen molar-refractivity contribution in [1.29, 1.82) is 0 Å². The quantitative estimate of drug-likeness (QED) is 0.603. The van der Waals surface area contributed by atoms with E-state index in [9.17, 15) is 18.7 Å². The van der Waals surface area contributed by atoms with Crippen LogP contribution in [0, 0.1) is 0 Å². The van der Waals surface area contributed by atoms with Crippen molar-refractivity contribution < 1.29 is 27.8 Å². The zero-order valence-electron chi connectivity index (χ0n) is 14.9. The van der Waals surface area contributed by atoms with Gasteiger partial charge in [0, 0.05) is 42.4 Å². The average molecular weight is 389 g/mol. The van der Waals surface area contributed by atoms with Crippen LogP contribution in [0.5, 0.6) is 5.88 Å². The molecule has 9 heteroatoms. The van der Waals surface area contributed by atoms with Crippen molar-refractivity contribution in [3.63, 3.8) is 0 Å².